The van der Waals surface area contributed by atoms with Crippen molar-refractivity contribution >= 4 is 17.3 Å². The molecule has 0 amide bonds. The standard InChI is InChI=1S/C10H15N5O3/c11-13-9-3-2-8(15(16)17)10(12-9)14-4-1-6-18-7-5-14/h2-3H,1,4-7,11H2,(H,12,13). The number of rotatable bonds is 3. The lowest BCUT2D eigenvalue weighted by atomic mass is 10.3. The molecule has 0 unspecified atom stereocenters. The Labute approximate surface area is 104 Å². The molecule has 8 heteroatoms. The molecule has 0 bridgehead atoms. The molecule has 2 heterocycles. The molecule has 0 radical (unpaired) electrons. The molecule has 0 aliphatic carbocycles. The van der Waals surface area contributed by atoms with Crippen LogP contribution in [0.3, 0.4) is 0 Å². The van der Waals surface area contributed by atoms with Crippen LogP contribution >= 0.6 is 0 Å². The number of nitrogens with two attached hydrogens (primary N) is 1. The van der Waals surface area contributed by atoms with Crippen molar-refractivity contribution < 1.29 is 9.66 Å². The molecule has 2 rings (SSSR count). The lowest BCUT2D eigenvalue weighted by Crippen LogP contribution is -2.28. The maximum absolute atomic E-state index is 11.0. The first-order valence-electron chi connectivity index (χ1n) is 5.67. The van der Waals surface area contributed by atoms with Crippen LogP contribution in [0.1, 0.15) is 6.42 Å². The molecule has 0 atom stereocenters. The minimum Gasteiger partial charge on any atom is -0.380 e. The van der Waals surface area contributed by atoms with Crippen molar-refractivity contribution in [1.29, 1.82) is 0 Å². The molecule has 1 aromatic heterocycles. The molecule has 1 aliphatic heterocycles. The number of hydrogen-bond acceptors (Lipinski definition) is 7. The van der Waals surface area contributed by atoms with Crippen molar-refractivity contribution in [2.45, 2.75) is 6.42 Å². The first-order valence-corrected chi connectivity index (χ1v) is 5.67. The van der Waals surface area contributed by atoms with E-state index in [-0.39, 0.29) is 5.69 Å². The zero-order valence-electron chi connectivity index (χ0n) is 9.83. The van der Waals surface area contributed by atoms with E-state index < -0.39 is 4.92 Å². The van der Waals surface area contributed by atoms with Gasteiger partial charge in [-0.15, -0.1) is 0 Å². The monoisotopic (exact) mass is 253 g/mol. The van der Waals surface area contributed by atoms with Crippen LogP contribution in [0.25, 0.3) is 0 Å². The molecule has 1 aliphatic rings. The fourth-order valence-corrected chi connectivity index (χ4v) is 1.85. The van der Waals surface area contributed by atoms with Crippen LogP contribution in [0.4, 0.5) is 17.3 Å². The second-order valence-corrected chi connectivity index (χ2v) is 3.89. The lowest BCUT2D eigenvalue weighted by Gasteiger charge is -2.20. The van der Waals surface area contributed by atoms with E-state index in [0.29, 0.717) is 37.9 Å². The van der Waals surface area contributed by atoms with E-state index in [0.717, 1.165) is 6.42 Å². The zero-order chi connectivity index (χ0) is 13.0. The van der Waals surface area contributed by atoms with Crippen LogP contribution < -0.4 is 16.2 Å². The molecule has 18 heavy (non-hydrogen) atoms. The number of ether oxygens (including phenoxy) is 1. The molecular formula is C10H15N5O3. The highest BCUT2D eigenvalue weighted by Gasteiger charge is 2.22. The summed E-state index contributed by atoms with van der Waals surface area (Å²) in [6.07, 6.45) is 0.819. The van der Waals surface area contributed by atoms with Gasteiger partial charge in [0.1, 0.15) is 5.82 Å². The van der Waals surface area contributed by atoms with Crippen molar-refractivity contribution in [2.24, 2.45) is 5.84 Å². The van der Waals surface area contributed by atoms with E-state index in [1.165, 1.54) is 12.1 Å². The molecular weight excluding hydrogens is 238 g/mol. The predicted molar refractivity (Wildman–Crippen MR) is 66.4 cm³/mol. The first kappa shape index (κ1) is 12.5. The van der Waals surface area contributed by atoms with Crippen molar-refractivity contribution in [3.05, 3.63) is 22.2 Å². The molecule has 0 saturated carbocycles. The van der Waals surface area contributed by atoms with E-state index in [1.54, 1.807) is 0 Å². The van der Waals surface area contributed by atoms with Gasteiger partial charge in [0.2, 0.25) is 5.82 Å². The van der Waals surface area contributed by atoms with E-state index in [9.17, 15) is 10.1 Å². The highest BCUT2D eigenvalue weighted by molar-refractivity contribution is 5.61. The Hall–Kier alpha value is -1.93. The van der Waals surface area contributed by atoms with Crippen LogP contribution in [0.2, 0.25) is 0 Å². The lowest BCUT2D eigenvalue weighted by molar-refractivity contribution is -0.384. The van der Waals surface area contributed by atoms with Gasteiger partial charge in [-0.2, -0.15) is 0 Å². The molecule has 1 aromatic rings. The third kappa shape index (κ3) is 2.66. The summed E-state index contributed by atoms with van der Waals surface area (Å²) in [6, 6.07) is 2.89. The Morgan fingerprint density at radius 2 is 2.28 bits per heavy atom. The van der Waals surface area contributed by atoms with Gasteiger partial charge < -0.3 is 15.1 Å². The number of nitro groups is 1. The van der Waals surface area contributed by atoms with E-state index in [1.807, 2.05) is 4.90 Å². The average molecular weight is 253 g/mol. The highest BCUT2D eigenvalue weighted by Crippen LogP contribution is 2.27. The fraction of sp³-hybridized carbons (Fsp3) is 0.500. The van der Waals surface area contributed by atoms with E-state index in [2.05, 4.69) is 10.4 Å². The normalized spacial score (nSPS) is 16.2. The number of pyridine rings is 1. The Balaban J connectivity index is 2.35. The van der Waals surface area contributed by atoms with Crippen molar-refractivity contribution in [2.75, 3.05) is 36.6 Å². The molecule has 0 spiro atoms. The summed E-state index contributed by atoms with van der Waals surface area (Å²) in [4.78, 5) is 16.6. The Kier molecular flexibility index (Phi) is 3.90. The zero-order valence-corrected chi connectivity index (χ0v) is 9.83. The van der Waals surface area contributed by atoms with Gasteiger partial charge in [-0.25, -0.2) is 10.8 Å². The molecule has 98 valence electrons. The van der Waals surface area contributed by atoms with E-state index in [4.69, 9.17) is 10.6 Å². The van der Waals surface area contributed by atoms with E-state index >= 15 is 0 Å². The maximum Gasteiger partial charge on any atom is 0.311 e. The number of aromatic nitrogens is 1. The first-order chi connectivity index (χ1) is 8.72. The summed E-state index contributed by atoms with van der Waals surface area (Å²) in [7, 11) is 0. The van der Waals surface area contributed by atoms with Crippen LogP contribution in [-0.2, 0) is 4.74 Å². The Bertz CT molecular complexity index is 432. The quantitative estimate of drug-likeness (QED) is 0.459. The second-order valence-electron chi connectivity index (χ2n) is 3.89. The summed E-state index contributed by atoms with van der Waals surface area (Å²) in [5.41, 5.74) is 2.38. The van der Waals surface area contributed by atoms with Gasteiger partial charge in [-0.05, 0) is 12.5 Å². The van der Waals surface area contributed by atoms with Gasteiger partial charge in [0, 0.05) is 25.8 Å². The molecule has 1 fully saturated rings. The number of nitrogens with one attached hydrogen (secondary N) is 1. The summed E-state index contributed by atoms with van der Waals surface area (Å²) in [6.45, 7) is 2.47. The number of hydrazine groups is 1. The third-order valence-electron chi connectivity index (χ3n) is 2.72. The van der Waals surface area contributed by atoms with Gasteiger partial charge in [0.25, 0.3) is 0 Å². The largest absolute Gasteiger partial charge is 0.380 e. The van der Waals surface area contributed by atoms with Crippen LogP contribution in [0.15, 0.2) is 12.1 Å². The van der Waals surface area contributed by atoms with Crippen molar-refractivity contribution in [1.82, 2.24) is 4.98 Å². The molecule has 0 aromatic carbocycles. The van der Waals surface area contributed by atoms with Crippen LogP contribution in [-0.4, -0.2) is 36.2 Å². The molecule has 1 saturated heterocycles. The summed E-state index contributed by atoms with van der Waals surface area (Å²) in [5.74, 6) is 6.02. The maximum atomic E-state index is 11.0. The van der Waals surface area contributed by atoms with Crippen molar-refractivity contribution in [3.8, 4) is 0 Å². The average Bonchev–Trinajstić information content (AvgIpc) is 2.66. The highest BCUT2D eigenvalue weighted by atomic mass is 16.6. The number of nitrogen functional groups attached to an aromatic ring is 1. The summed E-state index contributed by atoms with van der Waals surface area (Å²) in [5, 5.41) is 11.0. The second kappa shape index (κ2) is 5.61. The van der Waals surface area contributed by atoms with Gasteiger partial charge >= 0.3 is 5.69 Å². The number of nitrogens with zero attached hydrogens (tertiary/aromatic N) is 3. The minimum absolute atomic E-state index is 0.0177. The van der Waals surface area contributed by atoms with Gasteiger partial charge in [-0.3, -0.25) is 10.1 Å². The summed E-state index contributed by atoms with van der Waals surface area (Å²) < 4.78 is 5.32. The van der Waals surface area contributed by atoms with Crippen molar-refractivity contribution in [3.63, 3.8) is 0 Å². The Morgan fingerprint density at radius 1 is 1.44 bits per heavy atom. The van der Waals surface area contributed by atoms with Crippen LogP contribution in [0.5, 0.6) is 0 Å². The van der Waals surface area contributed by atoms with Crippen LogP contribution in [0, 0.1) is 10.1 Å². The third-order valence-corrected chi connectivity index (χ3v) is 2.72. The van der Waals surface area contributed by atoms with Gasteiger partial charge in [0.15, 0.2) is 0 Å². The predicted octanol–water partition coefficient (Wildman–Crippen LogP) is 0.502. The number of anilines is 2. The minimum atomic E-state index is -0.436. The molecule has 3 N–H and O–H groups in total. The van der Waals surface area contributed by atoms with Gasteiger partial charge in [0.05, 0.1) is 11.5 Å². The van der Waals surface area contributed by atoms with Gasteiger partial charge in [-0.1, -0.05) is 0 Å². The topological polar surface area (TPSA) is 107 Å². The summed E-state index contributed by atoms with van der Waals surface area (Å²) >= 11 is 0. The molecule has 8 nitrogen and oxygen atoms in total. The number of hydrogen-bond donors (Lipinski definition) is 2. The SMILES string of the molecule is NNc1ccc([N+](=O)[O-])c(N2CCCOCC2)n1. The fourth-order valence-electron chi connectivity index (χ4n) is 1.85. The smallest absolute Gasteiger partial charge is 0.311 e. The Morgan fingerprint density at radius 3 is 3.00 bits per heavy atom.